The summed E-state index contributed by atoms with van der Waals surface area (Å²) in [7, 11) is 0. The summed E-state index contributed by atoms with van der Waals surface area (Å²) < 4.78 is 1.80. The highest BCUT2D eigenvalue weighted by atomic mass is 35.5. The molecule has 9 nitrogen and oxygen atoms in total. The summed E-state index contributed by atoms with van der Waals surface area (Å²) in [5.41, 5.74) is 1.91. The Morgan fingerprint density at radius 1 is 1.28 bits per heavy atom. The van der Waals surface area contributed by atoms with Gasteiger partial charge in [-0.1, -0.05) is 35.0 Å². The number of halogens is 2. The summed E-state index contributed by atoms with van der Waals surface area (Å²) in [6.07, 6.45) is 1.42. The van der Waals surface area contributed by atoms with Crippen molar-refractivity contribution < 1.29 is 14.7 Å². The van der Waals surface area contributed by atoms with Gasteiger partial charge in [-0.3, -0.25) is 9.36 Å². The Balaban J connectivity index is 1.70. The molecular formula is C25H19Cl2N5O4. The van der Waals surface area contributed by atoms with Crippen molar-refractivity contribution in [1.82, 2.24) is 14.9 Å². The molecule has 1 aliphatic rings. The smallest absolute Gasteiger partial charge is 0.294 e. The number of hydrogen-bond acceptors (Lipinski definition) is 6. The van der Waals surface area contributed by atoms with Gasteiger partial charge in [-0.25, -0.2) is 4.98 Å². The minimum absolute atomic E-state index is 0.102. The first-order chi connectivity index (χ1) is 17.2. The Morgan fingerprint density at radius 2 is 2.00 bits per heavy atom. The first-order valence-corrected chi connectivity index (χ1v) is 11.6. The van der Waals surface area contributed by atoms with Gasteiger partial charge in [0.05, 0.1) is 16.8 Å². The molecule has 4 rings (SSSR count). The highest BCUT2D eigenvalue weighted by Crippen LogP contribution is 2.36. The van der Waals surface area contributed by atoms with Crippen molar-refractivity contribution in [3.8, 4) is 35.0 Å². The van der Waals surface area contributed by atoms with Crippen LogP contribution in [0.5, 0.6) is 0 Å². The second kappa shape index (κ2) is 10.3. The normalized spacial score (nSPS) is 13.2. The first kappa shape index (κ1) is 25.1. The molecule has 3 aromatic rings. The van der Waals surface area contributed by atoms with Gasteiger partial charge in [-0.15, -0.1) is 10.1 Å². The molecule has 2 aromatic carbocycles. The van der Waals surface area contributed by atoms with Crippen LogP contribution in [-0.4, -0.2) is 32.7 Å². The van der Waals surface area contributed by atoms with Gasteiger partial charge in [-0.05, 0) is 62.2 Å². The Bertz CT molecular complexity index is 1440. The number of benzene rings is 2. The van der Waals surface area contributed by atoms with Gasteiger partial charge >= 0.3 is 0 Å². The fourth-order valence-electron chi connectivity index (χ4n) is 3.58. The average molecular weight is 524 g/mol. The lowest BCUT2D eigenvalue weighted by Gasteiger charge is -2.12. The molecule has 1 saturated carbocycles. The molecule has 1 aromatic heterocycles. The summed E-state index contributed by atoms with van der Waals surface area (Å²) in [4.78, 5) is 32.1. The Labute approximate surface area is 216 Å². The lowest BCUT2D eigenvalue weighted by atomic mass is 10.1. The Kier molecular flexibility index (Phi) is 7.16. The van der Waals surface area contributed by atoms with Crippen LogP contribution in [0.15, 0.2) is 42.5 Å². The van der Waals surface area contributed by atoms with Crippen LogP contribution in [0.2, 0.25) is 10.0 Å². The van der Waals surface area contributed by atoms with Crippen LogP contribution in [0.25, 0.3) is 17.1 Å². The third-order valence-electron chi connectivity index (χ3n) is 5.59. The van der Waals surface area contributed by atoms with E-state index in [1.165, 1.54) is 0 Å². The first-order valence-electron chi connectivity index (χ1n) is 10.9. The average Bonchev–Trinajstić information content (AvgIpc) is 3.53. The predicted molar refractivity (Wildman–Crippen MR) is 133 cm³/mol. The standard InChI is InChI=1S/C25H19Cl2N5O4/c1-16-22(24(33)30-25(15-28)11-12-25)29-23(20-10-7-18(26)14-21(20)27)31(16)19-8-5-17(6-9-19)4-2-3-13-36-32(34)35/h5-10,14H,3,11-13H2,1H3,(H,30,33). The van der Waals surface area contributed by atoms with Crippen LogP contribution < -0.4 is 5.32 Å². The zero-order chi connectivity index (χ0) is 25.9. The van der Waals surface area contributed by atoms with Gasteiger partial charge in [-0.2, -0.15) is 5.26 Å². The maximum atomic E-state index is 13.1. The van der Waals surface area contributed by atoms with E-state index in [4.69, 9.17) is 23.2 Å². The fraction of sp³-hybridized carbons (Fsp3) is 0.240. The maximum Gasteiger partial charge on any atom is 0.294 e. The number of carbonyl (C=O) groups is 1. The van der Waals surface area contributed by atoms with Crippen molar-refractivity contribution in [3.05, 3.63) is 79.6 Å². The molecule has 1 fully saturated rings. The SMILES string of the molecule is Cc1c(C(=O)NC2(C#N)CC2)nc(-c2ccc(Cl)cc2Cl)n1-c1ccc(C#CCCO[N+](=O)[O-])cc1. The monoisotopic (exact) mass is 523 g/mol. The largest absolute Gasteiger partial charge is 0.332 e. The van der Waals surface area contributed by atoms with E-state index in [-0.39, 0.29) is 18.7 Å². The van der Waals surface area contributed by atoms with Crippen LogP contribution in [0.4, 0.5) is 0 Å². The molecule has 1 N–H and O–H groups in total. The molecule has 0 atom stereocenters. The molecule has 1 aliphatic carbocycles. The van der Waals surface area contributed by atoms with E-state index in [1.54, 1.807) is 41.8 Å². The molecule has 1 heterocycles. The zero-order valence-corrected chi connectivity index (χ0v) is 20.6. The molecule has 0 aliphatic heterocycles. The zero-order valence-electron chi connectivity index (χ0n) is 19.0. The second-order valence-electron chi connectivity index (χ2n) is 8.13. The van der Waals surface area contributed by atoms with Crippen molar-refractivity contribution in [2.45, 2.75) is 31.7 Å². The number of hydrogen-bond donors (Lipinski definition) is 1. The summed E-state index contributed by atoms with van der Waals surface area (Å²) in [5, 5.41) is 22.4. The Morgan fingerprint density at radius 3 is 2.61 bits per heavy atom. The third-order valence-corrected chi connectivity index (χ3v) is 6.14. The van der Waals surface area contributed by atoms with Gasteiger partial charge in [0, 0.05) is 28.3 Å². The van der Waals surface area contributed by atoms with Crippen LogP contribution >= 0.6 is 23.2 Å². The van der Waals surface area contributed by atoms with E-state index >= 15 is 0 Å². The number of nitrogens with zero attached hydrogens (tertiary/aromatic N) is 4. The van der Waals surface area contributed by atoms with Crippen LogP contribution in [-0.2, 0) is 4.84 Å². The lowest BCUT2D eigenvalue weighted by molar-refractivity contribution is -0.757. The van der Waals surface area contributed by atoms with Gasteiger partial charge < -0.3 is 10.2 Å². The minimum Gasteiger partial charge on any atom is -0.332 e. The van der Waals surface area contributed by atoms with E-state index in [9.17, 15) is 20.2 Å². The molecule has 0 unspecified atom stereocenters. The van der Waals surface area contributed by atoms with Crippen LogP contribution in [0, 0.1) is 40.2 Å². The van der Waals surface area contributed by atoms with E-state index in [1.807, 2.05) is 12.1 Å². The number of amides is 1. The van der Waals surface area contributed by atoms with E-state index < -0.39 is 16.5 Å². The van der Waals surface area contributed by atoms with Crippen molar-refractivity contribution in [1.29, 1.82) is 5.26 Å². The molecule has 11 heteroatoms. The molecule has 0 bridgehead atoms. The van der Waals surface area contributed by atoms with Crippen molar-refractivity contribution in [2.75, 3.05) is 6.61 Å². The molecule has 0 saturated heterocycles. The third kappa shape index (κ3) is 5.44. The molecule has 0 spiro atoms. The van der Waals surface area contributed by atoms with Gasteiger partial charge in [0.1, 0.15) is 23.7 Å². The molecule has 0 radical (unpaired) electrons. The van der Waals surface area contributed by atoms with Gasteiger partial charge in [0.25, 0.3) is 11.0 Å². The number of rotatable bonds is 7. The predicted octanol–water partition coefficient (Wildman–Crippen LogP) is 4.89. The number of nitriles is 1. The molecule has 36 heavy (non-hydrogen) atoms. The fourth-order valence-corrected chi connectivity index (χ4v) is 4.07. The van der Waals surface area contributed by atoms with Crippen molar-refractivity contribution >= 4 is 29.1 Å². The van der Waals surface area contributed by atoms with Crippen molar-refractivity contribution in [3.63, 3.8) is 0 Å². The van der Waals surface area contributed by atoms with E-state index in [0.717, 1.165) is 0 Å². The summed E-state index contributed by atoms with van der Waals surface area (Å²) in [5.74, 6) is 5.76. The minimum atomic E-state index is -0.853. The highest BCUT2D eigenvalue weighted by molar-refractivity contribution is 6.36. The van der Waals surface area contributed by atoms with Crippen LogP contribution in [0.1, 0.15) is 41.0 Å². The maximum absolute atomic E-state index is 13.1. The topological polar surface area (TPSA) is 123 Å². The number of aromatic nitrogens is 2. The second-order valence-corrected chi connectivity index (χ2v) is 8.98. The van der Waals surface area contributed by atoms with Crippen LogP contribution in [0.3, 0.4) is 0 Å². The van der Waals surface area contributed by atoms with E-state index in [2.05, 4.69) is 33.0 Å². The quantitative estimate of drug-likeness (QED) is 0.203. The Hall–Kier alpha value is -4.05. The van der Waals surface area contributed by atoms with Crippen molar-refractivity contribution in [2.24, 2.45) is 0 Å². The summed E-state index contributed by atoms with van der Waals surface area (Å²) >= 11 is 12.6. The van der Waals surface area contributed by atoms with Gasteiger partial charge in [0.15, 0.2) is 0 Å². The highest BCUT2D eigenvalue weighted by Gasteiger charge is 2.45. The van der Waals surface area contributed by atoms with Gasteiger partial charge in [0.2, 0.25) is 0 Å². The molecular weight excluding hydrogens is 505 g/mol. The summed E-state index contributed by atoms with van der Waals surface area (Å²) in [6.45, 7) is 1.67. The molecule has 1 amide bonds. The summed E-state index contributed by atoms with van der Waals surface area (Å²) in [6, 6.07) is 14.4. The number of imidazole rings is 1. The molecule has 182 valence electrons. The number of carbonyl (C=O) groups excluding carboxylic acids is 1. The lowest BCUT2D eigenvalue weighted by Crippen LogP contribution is -2.36. The van der Waals surface area contributed by atoms with E-state index in [0.29, 0.717) is 51.2 Å². The number of nitrogens with one attached hydrogen (secondary N) is 1.